The zero-order chi connectivity index (χ0) is 14.6. The van der Waals surface area contributed by atoms with Crippen molar-refractivity contribution >= 4 is 11.9 Å². The molecule has 0 fully saturated rings. The van der Waals surface area contributed by atoms with E-state index >= 15 is 0 Å². The summed E-state index contributed by atoms with van der Waals surface area (Å²) in [4.78, 5) is 22.8. The van der Waals surface area contributed by atoms with Gasteiger partial charge in [0.05, 0.1) is 11.7 Å². The molecule has 1 rings (SSSR count). The summed E-state index contributed by atoms with van der Waals surface area (Å²) in [6, 6.07) is 1.53. The van der Waals surface area contributed by atoms with E-state index < -0.39 is 5.97 Å². The lowest BCUT2D eigenvalue weighted by Crippen LogP contribution is -2.19. The largest absolute Gasteiger partial charge is 0.478 e. The van der Waals surface area contributed by atoms with Crippen molar-refractivity contribution in [2.45, 2.75) is 46.8 Å². The topological polar surface area (TPSA) is 68.5 Å². The summed E-state index contributed by atoms with van der Waals surface area (Å²) in [5, 5.41) is 9.14. The number of hydrogen-bond acceptors (Lipinski definition) is 3. The molecule has 0 saturated heterocycles. The second-order valence-corrected chi connectivity index (χ2v) is 5.25. The molecule has 1 aromatic rings. The molecule has 0 spiro atoms. The summed E-state index contributed by atoms with van der Waals surface area (Å²) in [6.07, 6.45) is 2.07. The fourth-order valence-electron chi connectivity index (χ4n) is 1.90. The van der Waals surface area contributed by atoms with Crippen molar-refractivity contribution in [3.8, 4) is 0 Å². The molecular weight excluding hydrogens is 246 g/mol. The number of aromatic nitrogens is 1. The summed E-state index contributed by atoms with van der Waals surface area (Å²) >= 11 is 0. The number of carboxylic acids is 1. The molecule has 19 heavy (non-hydrogen) atoms. The molecule has 1 heterocycles. The first-order chi connectivity index (χ1) is 8.81. The zero-order valence-corrected chi connectivity index (χ0v) is 11.8. The number of carbonyl (C=O) groups excluding carboxylic acids is 1. The Kier molecular flexibility index (Phi) is 5.15. The van der Waals surface area contributed by atoms with Gasteiger partial charge in [0.25, 0.3) is 0 Å². The predicted molar refractivity (Wildman–Crippen MR) is 71.2 cm³/mol. The number of rotatable bonds is 6. The minimum atomic E-state index is -0.966. The van der Waals surface area contributed by atoms with Crippen molar-refractivity contribution in [2.75, 3.05) is 0 Å². The Morgan fingerprint density at radius 2 is 1.95 bits per heavy atom. The summed E-state index contributed by atoms with van der Waals surface area (Å²) in [5.41, 5.74) is 0.925. The first kappa shape index (κ1) is 15.3. The maximum atomic E-state index is 11.6. The van der Waals surface area contributed by atoms with Crippen molar-refractivity contribution in [1.82, 2.24) is 4.57 Å². The average Bonchev–Trinajstić information content (AvgIpc) is 2.59. The molecule has 0 aliphatic rings. The molecule has 0 bridgehead atoms. The fraction of sp³-hybridized carbons (Fsp3) is 0.571. The second kappa shape index (κ2) is 6.41. The number of aromatic carboxylic acids is 1. The van der Waals surface area contributed by atoms with E-state index in [9.17, 15) is 9.59 Å². The summed E-state index contributed by atoms with van der Waals surface area (Å²) in [7, 11) is 0. The van der Waals surface area contributed by atoms with E-state index in [1.54, 1.807) is 24.6 Å². The molecule has 0 atom stereocenters. The van der Waals surface area contributed by atoms with E-state index in [1.807, 2.05) is 13.8 Å². The smallest absolute Gasteiger partial charge is 0.337 e. The van der Waals surface area contributed by atoms with E-state index in [-0.39, 0.29) is 24.2 Å². The predicted octanol–water partition coefficient (Wildman–Crippen LogP) is 2.34. The summed E-state index contributed by atoms with van der Waals surface area (Å²) < 4.78 is 6.74. The Hall–Kier alpha value is -1.78. The van der Waals surface area contributed by atoms with Crippen LogP contribution in [0.4, 0.5) is 0 Å². The van der Waals surface area contributed by atoms with Crippen LogP contribution in [0.3, 0.4) is 0 Å². The molecule has 1 N–H and O–H groups in total. The van der Waals surface area contributed by atoms with Crippen LogP contribution in [0.2, 0.25) is 0 Å². The third kappa shape index (κ3) is 4.43. The Morgan fingerprint density at radius 1 is 1.32 bits per heavy atom. The quantitative estimate of drug-likeness (QED) is 0.803. The highest BCUT2D eigenvalue weighted by Gasteiger charge is 2.18. The molecule has 5 heteroatoms. The molecule has 0 unspecified atom stereocenters. The lowest BCUT2D eigenvalue weighted by molar-refractivity contribution is -0.148. The van der Waals surface area contributed by atoms with Gasteiger partial charge in [-0.25, -0.2) is 4.79 Å². The highest BCUT2D eigenvalue weighted by atomic mass is 16.5. The molecule has 5 nitrogen and oxygen atoms in total. The summed E-state index contributed by atoms with van der Waals surface area (Å²) in [6.45, 7) is 7.63. The van der Waals surface area contributed by atoms with Gasteiger partial charge in [-0.05, 0) is 32.3 Å². The molecule has 0 saturated carbocycles. The number of hydrogen-bond donors (Lipinski definition) is 1. The molecule has 0 amide bonds. The highest BCUT2D eigenvalue weighted by molar-refractivity contribution is 5.89. The van der Waals surface area contributed by atoms with Crippen molar-refractivity contribution in [2.24, 2.45) is 5.92 Å². The zero-order valence-electron chi connectivity index (χ0n) is 11.8. The minimum Gasteiger partial charge on any atom is -0.478 e. The van der Waals surface area contributed by atoms with Crippen LogP contribution >= 0.6 is 0 Å². The van der Waals surface area contributed by atoms with E-state index in [1.165, 1.54) is 6.07 Å². The van der Waals surface area contributed by atoms with Gasteiger partial charge in [0, 0.05) is 11.9 Å². The van der Waals surface area contributed by atoms with Gasteiger partial charge in [-0.2, -0.15) is 0 Å². The van der Waals surface area contributed by atoms with Crippen LogP contribution in [0.5, 0.6) is 0 Å². The second-order valence-electron chi connectivity index (χ2n) is 5.25. The third-order valence-corrected chi connectivity index (χ3v) is 2.58. The van der Waals surface area contributed by atoms with Crippen LogP contribution in [0.1, 0.15) is 43.7 Å². The highest BCUT2D eigenvalue weighted by Crippen LogP contribution is 2.16. The number of carboxylic acid groups (broad SMARTS) is 1. The van der Waals surface area contributed by atoms with E-state index in [4.69, 9.17) is 9.84 Å². The van der Waals surface area contributed by atoms with Crippen LogP contribution in [-0.4, -0.2) is 27.7 Å². The fourth-order valence-corrected chi connectivity index (χ4v) is 1.90. The molecule has 1 aromatic heterocycles. The van der Waals surface area contributed by atoms with E-state index in [0.717, 1.165) is 0 Å². The average molecular weight is 267 g/mol. The van der Waals surface area contributed by atoms with Crippen molar-refractivity contribution in [3.63, 3.8) is 0 Å². The first-order valence-electron chi connectivity index (χ1n) is 6.42. The minimum absolute atomic E-state index is 0.0491. The van der Waals surface area contributed by atoms with Crippen LogP contribution < -0.4 is 0 Å². The Balaban J connectivity index is 2.94. The van der Waals surface area contributed by atoms with E-state index in [2.05, 4.69) is 0 Å². The van der Waals surface area contributed by atoms with Crippen LogP contribution in [0.25, 0.3) is 0 Å². The number of ether oxygens (including phenoxy) is 1. The normalized spacial score (nSPS) is 11.1. The Labute approximate surface area is 113 Å². The van der Waals surface area contributed by atoms with Gasteiger partial charge >= 0.3 is 11.9 Å². The Morgan fingerprint density at radius 3 is 2.42 bits per heavy atom. The lowest BCUT2D eigenvalue weighted by Gasteiger charge is -2.13. The molecule has 106 valence electrons. The van der Waals surface area contributed by atoms with Gasteiger partial charge in [-0.15, -0.1) is 0 Å². The maximum Gasteiger partial charge on any atom is 0.337 e. The molecule has 0 aliphatic carbocycles. The standard InChI is InChI=1S/C14H21NO4/c1-9(2)7-12-11(14(17)18)5-6-15(12)8-13(16)19-10(3)4/h5-6,9-10H,7-8H2,1-4H3,(H,17,18). The van der Waals surface area contributed by atoms with Gasteiger partial charge in [0.1, 0.15) is 6.54 Å². The number of nitrogens with zero attached hydrogens (tertiary/aromatic N) is 1. The maximum absolute atomic E-state index is 11.6. The summed E-state index contributed by atoms with van der Waals surface area (Å²) in [5.74, 6) is -1.01. The van der Waals surface area contributed by atoms with Crippen LogP contribution in [-0.2, 0) is 22.5 Å². The molecule has 0 radical (unpaired) electrons. The monoisotopic (exact) mass is 267 g/mol. The van der Waals surface area contributed by atoms with Gasteiger partial charge in [-0.1, -0.05) is 13.8 Å². The van der Waals surface area contributed by atoms with Gasteiger partial charge in [0.15, 0.2) is 0 Å². The van der Waals surface area contributed by atoms with Crippen molar-refractivity contribution in [3.05, 3.63) is 23.5 Å². The molecular formula is C14H21NO4. The Bertz CT molecular complexity index is 460. The van der Waals surface area contributed by atoms with Gasteiger partial charge < -0.3 is 14.4 Å². The molecule has 0 aromatic carbocycles. The van der Waals surface area contributed by atoms with Gasteiger partial charge in [-0.3, -0.25) is 4.79 Å². The van der Waals surface area contributed by atoms with Crippen molar-refractivity contribution in [1.29, 1.82) is 0 Å². The van der Waals surface area contributed by atoms with Crippen molar-refractivity contribution < 1.29 is 19.4 Å². The lowest BCUT2D eigenvalue weighted by atomic mass is 10.1. The third-order valence-electron chi connectivity index (χ3n) is 2.58. The molecule has 0 aliphatic heterocycles. The number of esters is 1. The SMILES string of the molecule is CC(C)Cc1c(C(=O)O)ccn1CC(=O)OC(C)C. The van der Waals surface area contributed by atoms with E-state index in [0.29, 0.717) is 18.0 Å². The van der Waals surface area contributed by atoms with Crippen LogP contribution in [0.15, 0.2) is 12.3 Å². The van der Waals surface area contributed by atoms with Gasteiger partial charge in [0.2, 0.25) is 0 Å². The first-order valence-corrected chi connectivity index (χ1v) is 6.42. The van der Waals surface area contributed by atoms with Crippen LogP contribution in [0, 0.1) is 5.92 Å². The number of carbonyl (C=O) groups is 2.